The highest BCUT2D eigenvalue weighted by Gasteiger charge is 2.48. The minimum Gasteiger partial charge on any atom is -0.475 e. The Hall–Kier alpha value is -2.08. The summed E-state index contributed by atoms with van der Waals surface area (Å²) in [7, 11) is -3.07. The molecular weight excluding hydrogens is 429 g/mol. The van der Waals surface area contributed by atoms with Gasteiger partial charge < -0.3 is 19.7 Å². The molecule has 1 aromatic heterocycles. The summed E-state index contributed by atoms with van der Waals surface area (Å²) in [6, 6.07) is 3.17. The Morgan fingerprint density at radius 2 is 1.97 bits per heavy atom. The lowest BCUT2D eigenvalue weighted by molar-refractivity contribution is -0.192. The van der Waals surface area contributed by atoms with Crippen LogP contribution in [0.1, 0.15) is 30.8 Å². The molecule has 3 rings (SSSR count). The quantitative estimate of drug-likeness (QED) is 0.712. The number of nitrogens with one attached hydrogen (secondary N) is 1. The summed E-state index contributed by atoms with van der Waals surface area (Å²) in [5.41, 5.74) is 0. The number of amides is 1. The largest absolute Gasteiger partial charge is 0.490 e. The van der Waals surface area contributed by atoms with Crippen molar-refractivity contribution in [1.29, 1.82) is 0 Å². The van der Waals surface area contributed by atoms with Gasteiger partial charge in [-0.05, 0) is 24.5 Å². The van der Waals surface area contributed by atoms with Gasteiger partial charge in [-0.15, -0.1) is 0 Å². The minimum atomic E-state index is -5.08. The van der Waals surface area contributed by atoms with Crippen molar-refractivity contribution in [1.82, 2.24) is 10.2 Å². The van der Waals surface area contributed by atoms with Crippen LogP contribution >= 0.6 is 0 Å². The highest BCUT2D eigenvalue weighted by Crippen LogP contribution is 2.33. The van der Waals surface area contributed by atoms with Crippen molar-refractivity contribution < 1.29 is 40.7 Å². The second kappa shape index (κ2) is 9.38. The van der Waals surface area contributed by atoms with Gasteiger partial charge in [0.25, 0.3) is 5.91 Å². The second-order valence-electron chi connectivity index (χ2n) is 7.83. The topological polar surface area (TPSA) is 117 Å². The van der Waals surface area contributed by atoms with E-state index in [-0.39, 0.29) is 34.6 Å². The number of furan rings is 1. The Morgan fingerprint density at radius 3 is 2.47 bits per heavy atom. The van der Waals surface area contributed by atoms with Crippen molar-refractivity contribution in [3.63, 3.8) is 0 Å². The van der Waals surface area contributed by atoms with Gasteiger partial charge in [0.15, 0.2) is 15.6 Å². The average molecular weight is 454 g/mol. The first-order valence-electron chi connectivity index (χ1n) is 9.39. The van der Waals surface area contributed by atoms with Gasteiger partial charge in [-0.3, -0.25) is 4.79 Å². The summed E-state index contributed by atoms with van der Waals surface area (Å²) in [4.78, 5) is 23.3. The van der Waals surface area contributed by atoms with Gasteiger partial charge in [0.1, 0.15) is 0 Å². The van der Waals surface area contributed by atoms with Crippen LogP contribution in [0.25, 0.3) is 0 Å². The summed E-state index contributed by atoms with van der Waals surface area (Å²) in [6.45, 7) is 6.46. The van der Waals surface area contributed by atoms with E-state index in [0.717, 1.165) is 13.1 Å². The molecule has 2 fully saturated rings. The fraction of sp³-hybridized carbons (Fsp3) is 0.667. The number of hydrogen-bond acceptors (Lipinski definition) is 6. The van der Waals surface area contributed by atoms with E-state index in [1.165, 1.54) is 6.26 Å². The van der Waals surface area contributed by atoms with Crippen LogP contribution in [0.3, 0.4) is 0 Å². The number of carboxylic acid groups (broad SMARTS) is 1. The first kappa shape index (κ1) is 24.2. The van der Waals surface area contributed by atoms with E-state index in [9.17, 15) is 26.4 Å². The molecular formula is C18H25F3N2O6S. The van der Waals surface area contributed by atoms with Crippen molar-refractivity contribution in [2.75, 3.05) is 25.4 Å². The maximum Gasteiger partial charge on any atom is 0.490 e. The number of sulfone groups is 1. The number of nitrogens with zero attached hydrogens (tertiary/aromatic N) is 1. The number of carboxylic acids is 1. The van der Waals surface area contributed by atoms with E-state index in [1.807, 2.05) is 0 Å². The third-order valence-corrected chi connectivity index (χ3v) is 7.23. The number of fused-ring (bicyclic) bond motifs is 1. The molecule has 170 valence electrons. The molecule has 3 atom stereocenters. The molecule has 2 aliphatic rings. The maximum atomic E-state index is 12.4. The van der Waals surface area contributed by atoms with Crippen molar-refractivity contribution >= 4 is 21.7 Å². The van der Waals surface area contributed by atoms with Crippen molar-refractivity contribution in [2.45, 2.75) is 37.7 Å². The highest BCUT2D eigenvalue weighted by atomic mass is 32.2. The Bertz CT molecular complexity index is 839. The average Bonchev–Trinajstić information content (AvgIpc) is 3.27. The van der Waals surface area contributed by atoms with Crippen LogP contribution in [0.5, 0.6) is 0 Å². The highest BCUT2D eigenvalue weighted by molar-refractivity contribution is 7.92. The fourth-order valence-corrected chi connectivity index (χ4v) is 5.93. The van der Waals surface area contributed by atoms with E-state index in [2.05, 4.69) is 24.1 Å². The Kier molecular flexibility index (Phi) is 7.56. The van der Waals surface area contributed by atoms with Crippen molar-refractivity contribution in [3.8, 4) is 0 Å². The van der Waals surface area contributed by atoms with Crippen LogP contribution in [0.2, 0.25) is 0 Å². The van der Waals surface area contributed by atoms with Gasteiger partial charge in [0.2, 0.25) is 0 Å². The van der Waals surface area contributed by atoms with Gasteiger partial charge in [-0.2, -0.15) is 13.2 Å². The van der Waals surface area contributed by atoms with E-state index in [0.29, 0.717) is 18.9 Å². The zero-order chi connectivity index (χ0) is 22.7. The van der Waals surface area contributed by atoms with E-state index in [4.69, 9.17) is 14.3 Å². The minimum absolute atomic E-state index is 0.0357. The number of rotatable bonds is 4. The maximum absolute atomic E-state index is 12.4. The molecule has 0 radical (unpaired) electrons. The molecule has 8 nitrogen and oxygen atoms in total. The number of hydrogen-bond donors (Lipinski definition) is 2. The predicted octanol–water partition coefficient (Wildman–Crippen LogP) is 1.79. The molecule has 2 saturated heterocycles. The van der Waals surface area contributed by atoms with Crippen LogP contribution in [0.15, 0.2) is 22.8 Å². The summed E-state index contributed by atoms with van der Waals surface area (Å²) in [6.07, 6.45) is -3.14. The van der Waals surface area contributed by atoms with Gasteiger partial charge in [0.05, 0.1) is 17.3 Å². The standard InChI is InChI=1S/C16H24N2O4S.C2HF3O2/c1-11(2)8-18-9-12-13(5-7-23(20,21)15(12)10-18)17-16(19)14-4-3-6-22-14;3-2(4,5)1(6)7/h3-4,6,11-13,15H,5,7-10H2,1-2H3,(H,17,19);(H,6,7). The lowest BCUT2D eigenvalue weighted by atomic mass is 9.95. The van der Waals surface area contributed by atoms with E-state index in [1.54, 1.807) is 12.1 Å². The van der Waals surface area contributed by atoms with Gasteiger partial charge >= 0.3 is 12.1 Å². The number of halogens is 3. The number of aliphatic carboxylic acids is 1. The van der Waals surface area contributed by atoms with Gasteiger partial charge in [0, 0.05) is 31.6 Å². The van der Waals surface area contributed by atoms with Crippen LogP contribution in [-0.2, 0) is 14.6 Å². The Balaban J connectivity index is 0.000000396. The predicted molar refractivity (Wildman–Crippen MR) is 101 cm³/mol. The molecule has 2 aliphatic heterocycles. The Labute approximate surface area is 172 Å². The summed E-state index contributed by atoms with van der Waals surface area (Å²) >= 11 is 0. The summed E-state index contributed by atoms with van der Waals surface area (Å²) in [5, 5.41) is 9.74. The molecule has 0 aromatic carbocycles. The lowest BCUT2D eigenvalue weighted by Crippen LogP contribution is -2.51. The zero-order valence-electron chi connectivity index (χ0n) is 16.6. The molecule has 0 aliphatic carbocycles. The summed E-state index contributed by atoms with van der Waals surface area (Å²) < 4.78 is 61.7. The van der Waals surface area contributed by atoms with Gasteiger partial charge in [-0.1, -0.05) is 13.8 Å². The third kappa shape index (κ3) is 6.21. The Morgan fingerprint density at radius 1 is 1.33 bits per heavy atom. The monoisotopic (exact) mass is 454 g/mol. The molecule has 0 saturated carbocycles. The lowest BCUT2D eigenvalue weighted by Gasteiger charge is -2.33. The van der Waals surface area contributed by atoms with Crippen molar-refractivity contribution in [3.05, 3.63) is 24.2 Å². The second-order valence-corrected chi connectivity index (χ2v) is 10.2. The normalized spacial score (nSPS) is 25.9. The first-order valence-corrected chi connectivity index (χ1v) is 11.1. The number of alkyl halides is 3. The third-order valence-electron chi connectivity index (χ3n) is 5.00. The van der Waals surface area contributed by atoms with E-state index < -0.39 is 22.0 Å². The van der Waals surface area contributed by atoms with Crippen LogP contribution < -0.4 is 5.32 Å². The molecule has 3 heterocycles. The summed E-state index contributed by atoms with van der Waals surface area (Å²) in [5.74, 6) is -2.15. The number of carbonyl (C=O) groups excluding carboxylic acids is 1. The molecule has 2 N–H and O–H groups in total. The SMILES string of the molecule is CC(C)CN1CC2C(NC(=O)c3ccco3)CCS(=O)(=O)C2C1.O=C(O)C(F)(F)F. The molecule has 3 unspecified atom stereocenters. The zero-order valence-corrected chi connectivity index (χ0v) is 17.4. The molecule has 0 spiro atoms. The van der Waals surface area contributed by atoms with E-state index >= 15 is 0 Å². The fourth-order valence-electron chi connectivity index (χ4n) is 3.79. The first-order chi connectivity index (χ1) is 13.8. The number of likely N-dealkylation sites (tertiary alicyclic amines) is 1. The smallest absolute Gasteiger partial charge is 0.475 e. The molecule has 1 aromatic rings. The van der Waals surface area contributed by atoms with Crippen molar-refractivity contribution in [2.24, 2.45) is 11.8 Å². The van der Waals surface area contributed by atoms with Crippen LogP contribution in [0.4, 0.5) is 13.2 Å². The molecule has 0 bridgehead atoms. The van der Waals surface area contributed by atoms with Crippen LogP contribution in [0, 0.1) is 11.8 Å². The molecule has 1 amide bonds. The molecule has 12 heteroatoms. The molecule has 30 heavy (non-hydrogen) atoms. The van der Waals surface area contributed by atoms with Crippen LogP contribution in [-0.4, -0.2) is 73.2 Å². The van der Waals surface area contributed by atoms with Gasteiger partial charge in [-0.25, -0.2) is 13.2 Å². The number of carbonyl (C=O) groups is 2.